The van der Waals surface area contributed by atoms with Crippen LogP contribution in [0.3, 0.4) is 0 Å². The minimum atomic E-state index is -1.07. The molecule has 1 aliphatic heterocycles. The van der Waals surface area contributed by atoms with Crippen LogP contribution in [-0.2, 0) is 19.1 Å². The number of carbonyl (C=O) groups is 3. The van der Waals surface area contributed by atoms with E-state index in [0.29, 0.717) is 12.8 Å². The zero-order valence-corrected chi connectivity index (χ0v) is 13.4. The Morgan fingerprint density at radius 1 is 1.23 bits per heavy atom. The average molecular weight is 313 g/mol. The normalized spacial score (nSPS) is 30.3. The van der Waals surface area contributed by atoms with Crippen LogP contribution in [0.4, 0.5) is 4.79 Å². The maximum atomic E-state index is 12.4. The number of fused-ring (bicyclic) bond motifs is 1. The molecule has 0 spiro atoms. The Morgan fingerprint density at radius 2 is 1.86 bits per heavy atom. The summed E-state index contributed by atoms with van der Waals surface area (Å²) in [5.41, 5.74) is -0.721. The van der Waals surface area contributed by atoms with Crippen molar-refractivity contribution in [3.8, 4) is 0 Å². The molecule has 22 heavy (non-hydrogen) atoms. The van der Waals surface area contributed by atoms with Crippen molar-refractivity contribution in [3.63, 3.8) is 0 Å². The molecule has 0 bridgehead atoms. The van der Waals surface area contributed by atoms with Crippen LogP contribution in [0.15, 0.2) is 0 Å². The van der Waals surface area contributed by atoms with Crippen molar-refractivity contribution in [2.75, 3.05) is 6.61 Å². The molecule has 2 rings (SSSR count). The molecule has 1 heterocycles. The lowest BCUT2D eigenvalue weighted by molar-refractivity contribution is -0.147. The van der Waals surface area contributed by atoms with Gasteiger partial charge in [-0.05, 0) is 46.5 Å². The molecule has 4 atom stereocenters. The smallest absolute Gasteiger partial charge is 0.411 e. The van der Waals surface area contributed by atoms with Crippen LogP contribution in [0, 0.1) is 11.8 Å². The number of hydrogen-bond acceptors (Lipinski definition) is 5. The summed E-state index contributed by atoms with van der Waals surface area (Å²) in [6.45, 7) is 7.15. The monoisotopic (exact) mass is 313 g/mol. The molecular formula is C15H23NO6. The van der Waals surface area contributed by atoms with Gasteiger partial charge in [0, 0.05) is 0 Å². The Balaban J connectivity index is 2.19. The minimum absolute atomic E-state index is 0.0258. The van der Waals surface area contributed by atoms with E-state index in [-0.39, 0.29) is 18.5 Å². The van der Waals surface area contributed by atoms with Crippen molar-refractivity contribution in [3.05, 3.63) is 0 Å². The second kappa shape index (κ2) is 5.78. The van der Waals surface area contributed by atoms with Crippen LogP contribution >= 0.6 is 0 Å². The van der Waals surface area contributed by atoms with Gasteiger partial charge in [0.2, 0.25) is 0 Å². The van der Waals surface area contributed by atoms with E-state index in [4.69, 9.17) is 9.47 Å². The average Bonchev–Trinajstić information content (AvgIpc) is 3.09. The Hall–Kier alpha value is -1.79. The van der Waals surface area contributed by atoms with E-state index in [1.807, 2.05) is 0 Å². The fourth-order valence-corrected chi connectivity index (χ4v) is 3.14. The highest BCUT2D eigenvalue weighted by atomic mass is 16.6. The van der Waals surface area contributed by atoms with Gasteiger partial charge in [0.15, 0.2) is 0 Å². The highest BCUT2D eigenvalue weighted by molar-refractivity contribution is 5.84. The number of carboxylic acid groups (broad SMARTS) is 1. The SMILES string of the molecule is CCOC(=O)C1C2CCC(C(=O)O)N(C(=O)OC(C)(C)C)C21. The number of carbonyl (C=O) groups excluding carboxylic acids is 2. The maximum absolute atomic E-state index is 12.4. The molecule has 1 N–H and O–H groups in total. The first-order chi connectivity index (χ1) is 10.2. The molecule has 7 nitrogen and oxygen atoms in total. The summed E-state index contributed by atoms with van der Waals surface area (Å²) in [7, 11) is 0. The quantitative estimate of drug-likeness (QED) is 0.796. The number of likely N-dealkylation sites (tertiary alicyclic amines) is 1. The number of carboxylic acids is 1. The van der Waals surface area contributed by atoms with E-state index in [0.717, 1.165) is 0 Å². The van der Waals surface area contributed by atoms with E-state index < -0.39 is 35.7 Å². The summed E-state index contributed by atoms with van der Waals surface area (Å²) in [4.78, 5) is 37.0. The molecule has 4 unspecified atom stereocenters. The third-order valence-corrected chi connectivity index (χ3v) is 4.01. The van der Waals surface area contributed by atoms with Gasteiger partial charge >= 0.3 is 18.0 Å². The molecule has 2 fully saturated rings. The van der Waals surface area contributed by atoms with Gasteiger partial charge in [0.1, 0.15) is 11.6 Å². The van der Waals surface area contributed by atoms with Crippen molar-refractivity contribution in [1.82, 2.24) is 4.90 Å². The van der Waals surface area contributed by atoms with Crippen molar-refractivity contribution in [2.24, 2.45) is 11.8 Å². The van der Waals surface area contributed by atoms with Crippen molar-refractivity contribution < 1.29 is 29.0 Å². The Kier molecular flexibility index (Phi) is 4.35. The lowest BCUT2D eigenvalue weighted by Gasteiger charge is -2.34. The number of hydrogen-bond donors (Lipinski definition) is 1. The molecule has 0 radical (unpaired) electrons. The fourth-order valence-electron chi connectivity index (χ4n) is 3.14. The molecular weight excluding hydrogens is 290 g/mol. The fraction of sp³-hybridized carbons (Fsp3) is 0.800. The number of piperidine rings is 1. The summed E-state index contributed by atoms with van der Waals surface area (Å²) in [6.07, 6.45) is 0.247. The molecule has 1 saturated carbocycles. The van der Waals surface area contributed by atoms with E-state index >= 15 is 0 Å². The highest BCUT2D eigenvalue weighted by Gasteiger charge is 2.64. The van der Waals surface area contributed by atoms with Gasteiger partial charge in [0.05, 0.1) is 18.6 Å². The van der Waals surface area contributed by atoms with Gasteiger partial charge in [-0.1, -0.05) is 0 Å². The summed E-state index contributed by atoms with van der Waals surface area (Å²) in [5, 5.41) is 9.35. The number of aliphatic carboxylic acids is 1. The van der Waals surface area contributed by atoms with Gasteiger partial charge in [-0.15, -0.1) is 0 Å². The van der Waals surface area contributed by atoms with Crippen molar-refractivity contribution in [2.45, 2.75) is 58.2 Å². The first-order valence-corrected chi connectivity index (χ1v) is 7.58. The topological polar surface area (TPSA) is 93.1 Å². The number of amides is 1. The number of esters is 1. The number of rotatable bonds is 3. The standard InChI is InChI=1S/C15H23NO6/c1-5-21-13(19)10-8-6-7-9(12(17)18)16(11(8)10)14(20)22-15(2,3)4/h8-11H,5-7H2,1-4H3,(H,17,18). The van der Waals surface area contributed by atoms with Gasteiger partial charge in [0.25, 0.3) is 0 Å². The van der Waals surface area contributed by atoms with Crippen LogP contribution < -0.4 is 0 Å². The van der Waals surface area contributed by atoms with E-state index in [1.54, 1.807) is 27.7 Å². The van der Waals surface area contributed by atoms with Gasteiger partial charge < -0.3 is 14.6 Å². The summed E-state index contributed by atoms with van der Waals surface area (Å²) >= 11 is 0. The van der Waals surface area contributed by atoms with Gasteiger partial charge in [-0.3, -0.25) is 9.69 Å². The molecule has 0 aromatic carbocycles. The zero-order chi connectivity index (χ0) is 16.7. The molecule has 1 aliphatic carbocycles. The second-order valence-corrected chi connectivity index (χ2v) is 6.75. The summed E-state index contributed by atoms with van der Waals surface area (Å²) in [6, 6.07) is -1.38. The first kappa shape index (κ1) is 16.6. The van der Waals surface area contributed by atoms with E-state index in [1.165, 1.54) is 4.90 Å². The minimum Gasteiger partial charge on any atom is -0.480 e. The molecule has 0 aromatic heterocycles. The molecule has 0 aromatic rings. The van der Waals surface area contributed by atoms with Gasteiger partial charge in [-0.2, -0.15) is 0 Å². The maximum Gasteiger partial charge on any atom is 0.411 e. The summed E-state index contributed by atoms with van der Waals surface area (Å²) < 4.78 is 10.3. The first-order valence-electron chi connectivity index (χ1n) is 7.58. The van der Waals surface area contributed by atoms with Crippen LogP contribution in [0.2, 0.25) is 0 Å². The highest BCUT2D eigenvalue weighted by Crippen LogP contribution is 2.52. The zero-order valence-electron chi connectivity index (χ0n) is 13.4. The molecule has 1 saturated heterocycles. The van der Waals surface area contributed by atoms with Crippen LogP contribution in [0.5, 0.6) is 0 Å². The Labute approximate surface area is 129 Å². The third-order valence-electron chi connectivity index (χ3n) is 4.01. The van der Waals surface area contributed by atoms with Crippen molar-refractivity contribution >= 4 is 18.0 Å². The Bertz CT molecular complexity index is 483. The van der Waals surface area contributed by atoms with Crippen LogP contribution in [0.1, 0.15) is 40.5 Å². The molecule has 7 heteroatoms. The molecule has 1 amide bonds. The van der Waals surface area contributed by atoms with E-state index in [2.05, 4.69) is 0 Å². The van der Waals surface area contributed by atoms with Crippen LogP contribution in [-0.4, -0.2) is 52.3 Å². The summed E-state index contributed by atoms with van der Waals surface area (Å²) in [5.74, 6) is -1.89. The lowest BCUT2D eigenvalue weighted by atomic mass is 10.0. The lowest BCUT2D eigenvalue weighted by Crippen LogP contribution is -2.51. The van der Waals surface area contributed by atoms with Gasteiger partial charge in [-0.25, -0.2) is 9.59 Å². The predicted molar refractivity (Wildman–Crippen MR) is 76.1 cm³/mol. The largest absolute Gasteiger partial charge is 0.480 e. The molecule has 124 valence electrons. The molecule has 2 aliphatic rings. The number of nitrogens with zero attached hydrogens (tertiary/aromatic N) is 1. The van der Waals surface area contributed by atoms with Crippen LogP contribution in [0.25, 0.3) is 0 Å². The van der Waals surface area contributed by atoms with Crippen molar-refractivity contribution in [1.29, 1.82) is 0 Å². The number of ether oxygens (including phenoxy) is 2. The predicted octanol–water partition coefficient (Wildman–Crippen LogP) is 1.65. The Morgan fingerprint density at radius 3 is 2.36 bits per heavy atom. The second-order valence-electron chi connectivity index (χ2n) is 6.75. The van der Waals surface area contributed by atoms with E-state index in [9.17, 15) is 19.5 Å². The third kappa shape index (κ3) is 3.18.